The molecule has 1 aliphatic rings. The lowest BCUT2D eigenvalue weighted by Crippen LogP contribution is -2.22. The van der Waals surface area contributed by atoms with Crippen molar-refractivity contribution in [2.75, 3.05) is 5.73 Å². The number of nitrogen functional groups attached to an aromatic ring is 1. The second-order valence-electron chi connectivity index (χ2n) is 6.28. The van der Waals surface area contributed by atoms with Crippen molar-refractivity contribution >= 4 is 23.3 Å². The lowest BCUT2D eigenvalue weighted by Gasteiger charge is -2.20. The van der Waals surface area contributed by atoms with Crippen LogP contribution in [0.1, 0.15) is 43.0 Å². The molecule has 3 aromatic rings. The molecule has 3 heteroatoms. The molecule has 2 N–H and O–H groups in total. The SMILES string of the molecule is Nc1c(CC=Cc2ccccc2)ccc2c1C(=O)c1ccccc1C2=O. The molecule has 0 aliphatic heterocycles. The van der Waals surface area contributed by atoms with E-state index in [0.29, 0.717) is 34.4 Å². The molecule has 0 atom stereocenters. The van der Waals surface area contributed by atoms with Gasteiger partial charge < -0.3 is 5.73 Å². The second kappa shape index (κ2) is 6.45. The number of allylic oxidation sites excluding steroid dienone is 1. The fraction of sp³-hybridized carbons (Fsp3) is 0.0435. The summed E-state index contributed by atoms with van der Waals surface area (Å²) in [4.78, 5) is 25.6. The monoisotopic (exact) mass is 339 g/mol. The molecule has 0 fully saturated rings. The molecule has 0 saturated heterocycles. The molecule has 0 saturated carbocycles. The molecule has 0 aromatic heterocycles. The minimum absolute atomic E-state index is 0.145. The zero-order chi connectivity index (χ0) is 18.1. The van der Waals surface area contributed by atoms with Crippen molar-refractivity contribution in [3.8, 4) is 0 Å². The average molecular weight is 339 g/mol. The van der Waals surface area contributed by atoms with Crippen LogP contribution in [0, 0.1) is 0 Å². The van der Waals surface area contributed by atoms with Gasteiger partial charge >= 0.3 is 0 Å². The molecule has 3 aromatic carbocycles. The quantitative estimate of drug-likeness (QED) is 0.566. The summed E-state index contributed by atoms with van der Waals surface area (Å²) in [6.07, 6.45) is 4.62. The molecular weight excluding hydrogens is 322 g/mol. The number of rotatable bonds is 3. The zero-order valence-electron chi connectivity index (χ0n) is 14.1. The van der Waals surface area contributed by atoms with Gasteiger partial charge in [-0.25, -0.2) is 0 Å². The number of hydrogen-bond donors (Lipinski definition) is 1. The topological polar surface area (TPSA) is 60.2 Å². The van der Waals surface area contributed by atoms with Crippen LogP contribution >= 0.6 is 0 Å². The molecule has 1 aliphatic carbocycles. The van der Waals surface area contributed by atoms with Crippen molar-refractivity contribution in [2.24, 2.45) is 0 Å². The molecule has 3 nitrogen and oxygen atoms in total. The van der Waals surface area contributed by atoms with Gasteiger partial charge in [0.2, 0.25) is 0 Å². The van der Waals surface area contributed by atoms with Crippen LogP contribution in [0.2, 0.25) is 0 Å². The average Bonchev–Trinajstić information content (AvgIpc) is 2.68. The van der Waals surface area contributed by atoms with Gasteiger partial charge in [-0.1, -0.05) is 72.8 Å². The largest absolute Gasteiger partial charge is 0.398 e. The number of fused-ring (bicyclic) bond motifs is 2. The predicted octanol–water partition coefficient (Wildman–Crippen LogP) is 4.30. The van der Waals surface area contributed by atoms with E-state index in [1.807, 2.05) is 48.6 Å². The van der Waals surface area contributed by atoms with Crippen LogP contribution in [-0.4, -0.2) is 11.6 Å². The Morgan fingerprint density at radius 2 is 1.38 bits per heavy atom. The first-order valence-corrected chi connectivity index (χ1v) is 8.48. The summed E-state index contributed by atoms with van der Waals surface area (Å²) in [5.41, 5.74) is 10.2. The van der Waals surface area contributed by atoms with Crippen LogP contribution in [-0.2, 0) is 6.42 Å². The van der Waals surface area contributed by atoms with Gasteiger partial charge in [0.25, 0.3) is 0 Å². The summed E-state index contributed by atoms with van der Waals surface area (Å²) in [7, 11) is 0. The van der Waals surface area contributed by atoms with Crippen molar-refractivity contribution in [2.45, 2.75) is 6.42 Å². The molecule has 4 rings (SSSR count). The number of ketones is 2. The van der Waals surface area contributed by atoms with E-state index in [-0.39, 0.29) is 11.6 Å². The lowest BCUT2D eigenvalue weighted by atomic mass is 9.82. The number of carbonyl (C=O) groups is 2. The maximum Gasteiger partial charge on any atom is 0.196 e. The van der Waals surface area contributed by atoms with Crippen LogP contribution in [0.15, 0.2) is 72.8 Å². The molecule has 0 heterocycles. The predicted molar refractivity (Wildman–Crippen MR) is 103 cm³/mol. The highest BCUT2D eigenvalue weighted by Crippen LogP contribution is 2.32. The van der Waals surface area contributed by atoms with E-state index in [1.54, 1.807) is 30.3 Å². The third-order valence-corrected chi connectivity index (χ3v) is 4.67. The summed E-state index contributed by atoms with van der Waals surface area (Å²) in [5, 5.41) is 0. The maximum absolute atomic E-state index is 12.9. The van der Waals surface area contributed by atoms with Gasteiger partial charge in [0, 0.05) is 22.4 Å². The third-order valence-electron chi connectivity index (χ3n) is 4.67. The Balaban J connectivity index is 1.70. The Morgan fingerprint density at radius 1 is 0.731 bits per heavy atom. The van der Waals surface area contributed by atoms with E-state index in [4.69, 9.17) is 5.73 Å². The van der Waals surface area contributed by atoms with Gasteiger partial charge in [0.15, 0.2) is 11.6 Å². The highest BCUT2D eigenvalue weighted by Gasteiger charge is 2.31. The lowest BCUT2D eigenvalue weighted by molar-refractivity contribution is 0.0979. The van der Waals surface area contributed by atoms with E-state index < -0.39 is 0 Å². The Morgan fingerprint density at radius 3 is 2.12 bits per heavy atom. The first-order chi connectivity index (χ1) is 12.7. The standard InChI is InChI=1S/C23H17NO2/c24-21-16(10-6-9-15-7-2-1-3-8-15)13-14-19-20(21)23(26)18-12-5-4-11-17(18)22(19)25/h1-9,11-14H,10,24H2. The molecule has 126 valence electrons. The van der Waals surface area contributed by atoms with Gasteiger partial charge in [0.1, 0.15) is 0 Å². The minimum atomic E-state index is -0.179. The number of carbonyl (C=O) groups excluding carboxylic acids is 2. The summed E-state index contributed by atoms with van der Waals surface area (Å²) < 4.78 is 0. The molecule has 0 unspecified atom stereocenters. The van der Waals surface area contributed by atoms with Crippen molar-refractivity contribution in [3.05, 3.63) is 106 Å². The molecule has 0 bridgehead atoms. The normalized spacial score (nSPS) is 12.9. The van der Waals surface area contributed by atoms with E-state index in [0.717, 1.165) is 11.1 Å². The van der Waals surface area contributed by atoms with Crippen LogP contribution in [0.3, 0.4) is 0 Å². The Kier molecular flexibility index (Phi) is 3.98. The van der Waals surface area contributed by atoms with Gasteiger partial charge in [0.05, 0.1) is 5.56 Å². The second-order valence-corrected chi connectivity index (χ2v) is 6.28. The van der Waals surface area contributed by atoms with Crippen molar-refractivity contribution in [3.63, 3.8) is 0 Å². The molecule has 0 radical (unpaired) electrons. The Bertz CT molecular complexity index is 1050. The Labute approximate surface area is 151 Å². The van der Waals surface area contributed by atoms with Crippen molar-refractivity contribution in [1.29, 1.82) is 0 Å². The van der Waals surface area contributed by atoms with Gasteiger partial charge in [-0.2, -0.15) is 0 Å². The zero-order valence-corrected chi connectivity index (χ0v) is 14.1. The van der Waals surface area contributed by atoms with Crippen molar-refractivity contribution in [1.82, 2.24) is 0 Å². The molecule has 0 spiro atoms. The fourth-order valence-corrected chi connectivity index (χ4v) is 3.32. The van der Waals surface area contributed by atoms with E-state index in [9.17, 15) is 9.59 Å². The first kappa shape index (κ1) is 16.0. The summed E-state index contributed by atoms with van der Waals surface area (Å²) >= 11 is 0. The van der Waals surface area contributed by atoms with Crippen LogP contribution in [0.25, 0.3) is 6.08 Å². The molecular formula is C23H17NO2. The highest BCUT2D eigenvalue weighted by molar-refractivity contribution is 6.30. The number of benzene rings is 3. The highest BCUT2D eigenvalue weighted by atomic mass is 16.1. The smallest absolute Gasteiger partial charge is 0.196 e. The van der Waals surface area contributed by atoms with Crippen molar-refractivity contribution < 1.29 is 9.59 Å². The number of anilines is 1. The maximum atomic E-state index is 12.9. The van der Waals surface area contributed by atoms with Crippen LogP contribution < -0.4 is 5.73 Å². The van der Waals surface area contributed by atoms with Gasteiger partial charge in [-0.3, -0.25) is 9.59 Å². The molecule has 26 heavy (non-hydrogen) atoms. The summed E-state index contributed by atoms with van der Waals surface area (Å²) in [6.45, 7) is 0. The van der Waals surface area contributed by atoms with Gasteiger partial charge in [-0.15, -0.1) is 0 Å². The van der Waals surface area contributed by atoms with Gasteiger partial charge in [-0.05, 0) is 23.6 Å². The third kappa shape index (κ3) is 2.64. The van der Waals surface area contributed by atoms with Crippen LogP contribution in [0.4, 0.5) is 5.69 Å². The first-order valence-electron chi connectivity index (χ1n) is 8.48. The van der Waals surface area contributed by atoms with E-state index in [2.05, 4.69) is 0 Å². The number of nitrogens with two attached hydrogens (primary N) is 1. The molecule has 0 amide bonds. The van der Waals surface area contributed by atoms with E-state index >= 15 is 0 Å². The minimum Gasteiger partial charge on any atom is -0.398 e. The fourth-order valence-electron chi connectivity index (χ4n) is 3.32. The van der Waals surface area contributed by atoms with Crippen LogP contribution in [0.5, 0.6) is 0 Å². The summed E-state index contributed by atoms with van der Waals surface area (Å²) in [5.74, 6) is -0.324. The summed E-state index contributed by atoms with van der Waals surface area (Å²) in [6, 6.07) is 20.4. The van der Waals surface area contributed by atoms with E-state index in [1.165, 1.54) is 0 Å². The number of hydrogen-bond acceptors (Lipinski definition) is 3. The Hall–Kier alpha value is -3.46.